The Bertz CT molecular complexity index is 2670. The van der Waals surface area contributed by atoms with E-state index in [-0.39, 0.29) is 5.41 Å². The van der Waals surface area contributed by atoms with E-state index in [1.54, 1.807) is 0 Å². The normalized spacial score (nSPS) is 13.7. The molecule has 0 amide bonds. The van der Waals surface area contributed by atoms with Crippen LogP contribution in [0.1, 0.15) is 25.0 Å². The molecule has 0 saturated heterocycles. The van der Waals surface area contributed by atoms with Gasteiger partial charge < -0.3 is 4.98 Å². The predicted octanol–water partition coefficient (Wildman–Crippen LogP) is 10.3. The van der Waals surface area contributed by atoms with E-state index in [9.17, 15) is 0 Å². The molecule has 0 spiro atoms. The number of aromatic nitrogens is 4. The quantitative estimate of drug-likeness (QED) is 0.223. The van der Waals surface area contributed by atoms with Gasteiger partial charge in [-0.1, -0.05) is 129 Å². The summed E-state index contributed by atoms with van der Waals surface area (Å²) in [5, 5.41) is 5.84. The molecule has 0 bridgehead atoms. The maximum absolute atomic E-state index is 5.54. The first kappa shape index (κ1) is 24.7. The molecule has 0 fully saturated rings. The van der Waals surface area contributed by atoms with E-state index in [2.05, 4.69) is 151 Å². The lowest BCUT2D eigenvalue weighted by atomic mass is 9.82. The van der Waals surface area contributed by atoms with Crippen molar-refractivity contribution in [3.63, 3.8) is 0 Å². The van der Waals surface area contributed by atoms with Crippen molar-refractivity contribution >= 4 is 54.5 Å². The summed E-state index contributed by atoms with van der Waals surface area (Å²) in [5.41, 5.74) is 12.4. The minimum atomic E-state index is -0.124. The zero-order valence-corrected chi connectivity index (χ0v) is 25.0. The van der Waals surface area contributed by atoms with Crippen LogP contribution in [0.2, 0.25) is 0 Å². The van der Waals surface area contributed by atoms with Crippen molar-refractivity contribution in [2.75, 3.05) is 0 Å². The third kappa shape index (κ3) is 3.21. The average Bonchev–Trinajstić information content (AvgIpc) is 3.71. The summed E-state index contributed by atoms with van der Waals surface area (Å²) in [6.45, 7) is 4.65. The second kappa shape index (κ2) is 8.67. The molecule has 3 heterocycles. The number of H-pyrrole nitrogens is 1. The largest absolute Gasteiger partial charge is 0.353 e. The number of rotatable bonds is 2. The number of benzene rings is 6. The molecule has 45 heavy (non-hydrogen) atoms. The van der Waals surface area contributed by atoms with Gasteiger partial charge in [0.1, 0.15) is 0 Å². The number of nitrogens with zero attached hydrogens (tertiary/aromatic N) is 3. The van der Waals surface area contributed by atoms with Crippen molar-refractivity contribution in [2.24, 2.45) is 0 Å². The number of fused-ring (bicyclic) bond motifs is 12. The van der Waals surface area contributed by atoms with Gasteiger partial charge in [0, 0.05) is 49.0 Å². The van der Waals surface area contributed by atoms with Gasteiger partial charge in [0.2, 0.25) is 5.95 Å². The van der Waals surface area contributed by atoms with E-state index in [4.69, 9.17) is 9.97 Å². The molecule has 4 heteroatoms. The summed E-state index contributed by atoms with van der Waals surface area (Å²) < 4.78 is 2.28. The average molecular weight is 577 g/mol. The first-order valence-corrected chi connectivity index (χ1v) is 15.5. The molecule has 0 radical (unpaired) electrons. The van der Waals surface area contributed by atoms with Crippen molar-refractivity contribution in [1.29, 1.82) is 0 Å². The first-order chi connectivity index (χ1) is 22.1. The summed E-state index contributed by atoms with van der Waals surface area (Å²) in [6.07, 6.45) is 0. The third-order valence-electron chi connectivity index (χ3n) is 9.96. The zero-order chi connectivity index (χ0) is 29.9. The highest BCUT2D eigenvalue weighted by Crippen LogP contribution is 2.51. The molecule has 6 aromatic carbocycles. The molecule has 0 atom stereocenters. The molecule has 10 rings (SSSR count). The molecule has 212 valence electrons. The molecule has 1 aliphatic carbocycles. The van der Waals surface area contributed by atoms with Gasteiger partial charge >= 0.3 is 0 Å². The Morgan fingerprint density at radius 1 is 0.578 bits per heavy atom. The molecule has 3 aromatic heterocycles. The summed E-state index contributed by atoms with van der Waals surface area (Å²) in [6, 6.07) is 45.5. The van der Waals surface area contributed by atoms with E-state index in [1.165, 1.54) is 43.8 Å². The van der Waals surface area contributed by atoms with E-state index in [0.29, 0.717) is 5.95 Å². The summed E-state index contributed by atoms with van der Waals surface area (Å²) >= 11 is 0. The monoisotopic (exact) mass is 576 g/mol. The van der Waals surface area contributed by atoms with E-state index >= 15 is 0 Å². The van der Waals surface area contributed by atoms with Gasteiger partial charge in [-0.05, 0) is 28.8 Å². The highest BCUT2D eigenvalue weighted by atomic mass is 15.2. The van der Waals surface area contributed by atoms with Crippen LogP contribution < -0.4 is 0 Å². The lowest BCUT2D eigenvalue weighted by molar-refractivity contribution is 0.661. The summed E-state index contributed by atoms with van der Waals surface area (Å²) in [4.78, 5) is 14.7. The van der Waals surface area contributed by atoms with E-state index in [0.717, 1.165) is 44.2 Å². The van der Waals surface area contributed by atoms with Gasteiger partial charge in [0.05, 0.1) is 27.8 Å². The predicted molar refractivity (Wildman–Crippen MR) is 186 cm³/mol. The topological polar surface area (TPSA) is 46.5 Å². The van der Waals surface area contributed by atoms with Crippen LogP contribution in [0.15, 0.2) is 127 Å². The fourth-order valence-corrected chi connectivity index (χ4v) is 7.86. The van der Waals surface area contributed by atoms with Crippen LogP contribution in [0.5, 0.6) is 0 Å². The van der Waals surface area contributed by atoms with Crippen LogP contribution in [0, 0.1) is 0 Å². The molecule has 1 N–H and O–H groups in total. The SMILES string of the molecule is CC1(C)c2ccccc2-c2c1ccc1c(-c3ccccc3)nc(-n3c4ccccc4c4ccc5c6ccccc6[nH]c5c43)nc21. The fourth-order valence-electron chi connectivity index (χ4n) is 7.86. The standard InChI is InChI=1S/C41H28N4/c1-41(2)31-17-9-6-16-29(31)35-32(41)23-22-30-36(24-12-4-3-5-13-24)43-40(44-37(30)35)45-34-19-11-8-15-26(34)28-21-20-27-25-14-7-10-18-33(25)42-38(27)39(28)45/h3-23,42H,1-2H3. The summed E-state index contributed by atoms with van der Waals surface area (Å²) in [5.74, 6) is 0.675. The van der Waals surface area contributed by atoms with E-state index in [1.807, 2.05) is 0 Å². The molecular weight excluding hydrogens is 548 g/mol. The number of nitrogens with one attached hydrogen (secondary N) is 1. The number of para-hydroxylation sites is 2. The third-order valence-corrected chi connectivity index (χ3v) is 9.96. The number of hydrogen-bond donors (Lipinski definition) is 1. The minimum Gasteiger partial charge on any atom is -0.353 e. The van der Waals surface area contributed by atoms with Crippen LogP contribution in [-0.4, -0.2) is 19.5 Å². The Hall–Kier alpha value is -5.74. The Balaban J connectivity index is 1.41. The maximum Gasteiger partial charge on any atom is 0.235 e. The van der Waals surface area contributed by atoms with Crippen molar-refractivity contribution in [3.8, 4) is 28.3 Å². The molecule has 4 nitrogen and oxygen atoms in total. The maximum atomic E-state index is 5.54. The lowest BCUT2D eigenvalue weighted by Gasteiger charge is -2.21. The highest BCUT2D eigenvalue weighted by Gasteiger charge is 2.37. The van der Waals surface area contributed by atoms with Gasteiger partial charge in [-0.15, -0.1) is 0 Å². The van der Waals surface area contributed by atoms with Crippen molar-refractivity contribution < 1.29 is 0 Å². The van der Waals surface area contributed by atoms with Crippen LogP contribution >= 0.6 is 0 Å². The Labute approximate surface area is 259 Å². The minimum absolute atomic E-state index is 0.124. The Morgan fingerprint density at radius 2 is 1.29 bits per heavy atom. The van der Waals surface area contributed by atoms with Crippen LogP contribution in [-0.2, 0) is 5.41 Å². The van der Waals surface area contributed by atoms with Crippen LogP contribution in [0.3, 0.4) is 0 Å². The van der Waals surface area contributed by atoms with Crippen LogP contribution in [0.4, 0.5) is 0 Å². The second-order valence-electron chi connectivity index (χ2n) is 12.7. The number of aromatic amines is 1. The molecule has 0 saturated carbocycles. The molecule has 9 aromatic rings. The number of hydrogen-bond acceptors (Lipinski definition) is 2. The Kier molecular flexibility index (Phi) is 4.76. The van der Waals surface area contributed by atoms with Crippen LogP contribution in [0.25, 0.3) is 82.8 Å². The second-order valence-corrected chi connectivity index (χ2v) is 12.7. The Morgan fingerprint density at radius 3 is 2.18 bits per heavy atom. The van der Waals surface area contributed by atoms with Crippen molar-refractivity contribution in [3.05, 3.63) is 139 Å². The van der Waals surface area contributed by atoms with Crippen molar-refractivity contribution in [1.82, 2.24) is 19.5 Å². The molecule has 0 aliphatic heterocycles. The smallest absolute Gasteiger partial charge is 0.235 e. The fraction of sp³-hybridized carbons (Fsp3) is 0.0732. The van der Waals surface area contributed by atoms with Gasteiger partial charge in [-0.25, -0.2) is 9.97 Å². The van der Waals surface area contributed by atoms with Gasteiger partial charge in [0.15, 0.2) is 0 Å². The lowest BCUT2D eigenvalue weighted by Crippen LogP contribution is -2.14. The van der Waals surface area contributed by atoms with Gasteiger partial charge in [0.25, 0.3) is 0 Å². The van der Waals surface area contributed by atoms with Gasteiger partial charge in [-0.3, -0.25) is 4.57 Å². The molecule has 0 unspecified atom stereocenters. The first-order valence-electron chi connectivity index (χ1n) is 15.5. The molecular formula is C41H28N4. The highest BCUT2D eigenvalue weighted by molar-refractivity contribution is 6.22. The summed E-state index contributed by atoms with van der Waals surface area (Å²) in [7, 11) is 0. The van der Waals surface area contributed by atoms with E-state index < -0.39 is 0 Å². The molecule has 1 aliphatic rings. The van der Waals surface area contributed by atoms with Crippen molar-refractivity contribution in [2.45, 2.75) is 19.3 Å². The van der Waals surface area contributed by atoms with Gasteiger partial charge in [-0.2, -0.15) is 0 Å². The zero-order valence-electron chi connectivity index (χ0n) is 25.0.